The molecule has 1 aromatic heterocycles. The zero-order chi connectivity index (χ0) is 23.6. The Hall–Kier alpha value is -3.74. The molecule has 0 N–H and O–H groups in total. The van der Waals surface area contributed by atoms with Gasteiger partial charge in [-0.1, -0.05) is 60.7 Å². The van der Waals surface area contributed by atoms with Gasteiger partial charge in [0.15, 0.2) is 6.61 Å². The van der Waals surface area contributed by atoms with Gasteiger partial charge in [-0.15, -0.1) is 0 Å². The fourth-order valence-corrected chi connectivity index (χ4v) is 4.12. The van der Waals surface area contributed by atoms with Crippen LogP contribution in [0.25, 0.3) is 0 Å². The lowest BCUT2D eigenvalue weighted by atomic mass is 9.97. The summed E-state index contributed by atoms with van der Waals surface area (Å²) in [4.78, 5) is 38.1. The van der Waals surface area contributed by atoms with Crippen LogP contribution in [0.3, 0.4) is 0 Å². The molecular weight excluding hydrogens is 428 g/mol. The summed E-state index contributed by atoms with van der Waals surface area (Å²) >= 11 is 0. The second kappa shape index (κ2) is 11.9. The van der Waals surface area contributed by atoms with Gasteiger partial charge in [-0.3, -0.25) is 9.59 Å². The highest BCUT2D eigenvalue weighted by atomic mass is 16.5. The largest absolute Gasteiger partial charge is 0.455 e. The Morgan fingerprint density at radius 3 is 2.15 bits per heavy atom. The van der Waals surface area contributed by atoms with E-state index < -0.39 is 0 Å². The zero-order valence-corrected chi connectivity index (χ0v) is 19.3. The van der Waals surface area contributed by atoms with Crippen LogP contribution in [0.15, 0.2) is 79.1 Å². The van der Waals surface area contributed by atoms with E-state index in [0.717, 1.165) is 12.0 Å². The molecule has 2 heterocycles. The van der Waals surface area contributed by atoms with E-state index in [1.54, 1.807) is 23.4 Å². The lowest BCUT2D eigenvalue weighted by molar-refractivity contribution is -0.156. The molecule has 0 radical (unpaired) electrons. The number of carbonyl (C=O) groups is 2. The van der Waals surface area contributed by atoms with Crippen molar-refractivity contribution in [1.82, 2.24) is 14.9 Å². The van der Waals surface area contributed by atoms with Crippen LogP contribution in [0, 0.1) is 5.92 Å². The summed E-state index contributed by atoms with van der Waals surface area (Å²) in [6.45, 7) is 2.19. The van der Waals surface area contributed by atoms with Crippen LogP contribution in [0.5, 0.6) is 0 Å². The minimum Gasteiger partial charge on any atom is -0.455 e. The maximum Gasteiger partial charge on any atom is 0.309 e. The Morgan fingerprint density at radius 2 is 1.50 bits per heavy atom. The highest BCUT2D eigenvalue weighted by Crippen LogP contribution is 2.21. The highest BCUT2D eigenvalue weighted by molar-refractivity contribution is 5.81. The van der Waals surface area contributed by atoms with E-state index in [9.17, 15) is 9.59 Å². The summed E-state index contributed by atoms with van der Waals surface area (Å²) in [7, 11) is 0. The number of piperidine rings is 1. The van der Waals surface area contributed by atoms with Crippen molar-refractivity contribution in [3.05, 3.63) is 90.3 Å². The van der Waals surface area contributed by atoms with E-state index in [1.807, 2.05) is 48.5 Å². The number of hydrogen-bond donors (Lipinski definition) is 0. The summed E-state index contributed by atoms with van der Waals surface area (Å²) in [6, 6.07) is 21.7. The molecule has 0 spiro atoms. The van der Waals surface area contributed by atoms with Crippen LogP contribution in [0.4, 0.5) is 5.95 Å². The maximum absolute atomic E-state index is 13.0. The van der Waals surface area contributed by atoms with Crippen molar-refractivity contribution in [2.75, 3.05) is 31.1 Å². The number of aromatic nitrogens is 2. The predicted molar refractivity (Wildman–Crippen MR) is 130 cm³/mol. The second-order valence-electron chi connectivity index (χ2n) is 8.45. The summed E-state index contributed by atoms with van der Waals surface area (Å²) < 4.78 is 5.48. The molecule has 176 valence electrons. The minimum atomic E-state index is -0.301. The van der Waals surface area contributed by atoms with Gasteiger partial charge in [-0.05, 0) is 36.5 Å². The van der Waals surface area contributed by atoms with Gasteiger partial charge in [0.2, 0.25) is 5.95 Å². The number of nitrogens with zero attached hydrogens (tertiary/aromatic N) is 4. The molecular formula is C27H30N4O3. The topological polar surface area (TPSA) is 75.6 Å². The van der Waals surface area contributed by atoms with E-state index >= 15 is 0 Å². The maximum atomic E-state index is 13.0. The number of esters is 1. The van der Waals surface area contributed by atoms with Crippen LogP contribution < -0.4 is 4.90 Å². The van der Waals surface area contributed by atoms with Crippen LogP contribution in [0.2, 0.25) is 0 Å². The average Bonchev–Trinajstić information content (AvgIpc) is 2.91. The minimum absolute atomic E-state index is 0.178. The SMILES string of the molecule is O=C(OCC(=O)N(CCc1ccccc1)Cc1ccccc1)C1CCN(c2ncccn2)CC1. The smallest absolute Gasteiger partial charge is 0.309 e. The van der Waals surface area contributed by atoms with Crippen molar-refractivity contribution in [2.45, 2.75) is 25.8 Å². The van der Waals surface area contributed by atoms with Crippen molar-refractivity contribution >= 4 is 17.8 Å². The Labute approximate surface area is 200 Å². The fourth-order valence-electron chi connectivity index (χ4n) is 4.12. The molecule has 7 nitrogen and oxygen atoms in total. The van der Waals surface area contributed by atoms with Gasteiger partial charge in [-0.25, -0.2) is 9.97 Å². The second-order valence-corrected chi connectivity index (χ2v) is 8.45. The van der Waals surface area contributed by atoms with Gasteiger partial charge < -0.3 is 14.5 Å². The summed E-state index contributed by atoms with van der Waals surface area (Å²) in [6.07, 6.45) is 5.49. The van der Waals surface area contributed by atoms with Crippen molar-refractivity contribution in [3.63, 3.8) is 0 Å². The summed E-state index contributed by atoms with van der Waals surface area (Å²) in [5, 5.41) is 0. The van der Waals surface area contributed by atoms with Gasteiger partial charge >= 0.3 is 5.97 Å². The van der Waals surface area contributed by atoms with Crippen LogP contribution >= 0.6 is 0 Å². The first-order valence-electron chi connectivity index (χ1n) is 11.7. The summed E-state index contributed by atoms with van der Waals surface area (Å²) in [5.74, 6) is -0.00734. The van der Waals surface area contributed by atoms with Crippen LogP contribution in [-0.4, -0.2) is 53.0 Å². The van der Waals surface area contributed by atoms with Gasteiger partial charge in [0.1, 0.15) is 0 Å². The third-order valence-electron chi connectivity index (χ3n) is 6.08. The van der Waals surface area contributed by atoms with Gasteiger partial charge in [-0.2, -0.15) is 0 Å². The molecule has 7 heteroatoms. The van der Waals surface area contributed by atoms with E-state index in [2.05, 4.69) is 27.0 Å². The van der Waals surface area contributed by atoms with Crippen molar-refractivity contribution in [2.24, 2.45) is 5.92 Å². The fraction of sp³-hybridized carbons (Fsp3) is 0.333. The Kier molecular flexibility index (Phi) is 8.22. The molecule has 1 saturated heterocycles. The molecule has 1 aliphatic rings. The quantitative estimate of drug-likeness (QED) is 0.457. The van der Waals surface area contributed by atoms with Gasteiger partial charge in [0, 0.05) is 38.6 Å². The summed E-state index contributed by atoms with van der Waals surface area (Å²) in [5.41, 5.74) is 2.21. The molecule has 1 aliphatic heterocycles. The molecule has 0 aliphatic carbocycles. The van der Waals surface area contributed by atoms with Crippen LogP contribution in [-0.2, 0) is 27.3 Å². The first-order chi connectivity index (χ1) is 16.7. The number of anilines is 1. The molecule has 0 saturated carbocycles. The lowest BCUT2D eigenvalue weighted by Crippen LogP contribution is -2.39. The lowest BCUT2D eigenvalue weighted by Gasteiger charge is -2.30. The normalized spacial score (nSPS) is 13.9. The Morgan fingerprint density at radius 1 is 0.882 bits per heavy atom. The number of amides is 1. The Balaban J connectivity index is 1.29. The van der Waals surface area contributed by atoms with Crippen molar-refractivity contribution in [3.8, 4) is 0 Å². The zero-order valence-electron chi connectivity index (χ0n) is 19.3. The molecule has 0 bridgehead atoms. The highest BCUT2D eigenvalue weighted by Gasteiger charge is 2.28. The first kappa shape index (κ1) is 23.4. The molecule has 0 atom stereocenters. The van der Waals surface area contributed by atoms with Gasteiger partial charge in [0.05, 0.1) is 5.92 Å². The molecule has 1 fully saturated rings. The Bertz CT molecular complexity index is 1040. The monoisotopic (exact) mass is 458 g/mol. The third kappa shape index (κ3) is 6.63. The van der Waals surface area contributed by atoms with E-state index in [-0.39, 0.29) is 24.4 Å². The molecule has 0 unspecified atom stereocenters. The van der Waals surface area contributed by atoms with Crippen LogP contribution in [0.1, 0.15) is 24.0 Å². The standard InChI is InChI=1S/C27H30N4O3/c32-25(21-34-26(33)24-13-18-30(19-14-24)27-28-15-7-16-29-27)31(20-23-10-5-2-6-11-23)17-12-22-8-3-1-4-9-22/h1-11,15-16,24H,12-14,17-21H2. The molecule has 2 aromatic carbocycles. The average molecular weight is 459 g/mol. The number of ether oxygens (including phenoxy) is 1. The van der Waals surface area contributed by atoms with E-state index in [1.165, 1.54) is 5.56 Å². The first-order valence-corrected chi connectivity index (χ1v) is 11.7. The third-order valence-corrected chi connectivity index (χ3v) is 6.08. The molecule has 1 amide bonds. The predicted octanol–water partition coefficient (Wildman–Crippen LogP) is 3.51. The number of hydrogen-bond acceptors (Lipinski definition) is 6. The molecule has 3 aromatic rings. The van der Waals surface area contributed by atoms with Crippen molar-refractivity contribution < 1.29 is 14.3 Å². The molecule has 4 rings (SSSR count). The molecule has 34 heavy (non-hydrogen) atoms. The van der Waals surface area contributed by atoms with E-state index in [4.69, 9.17) is 4.74 Å². The van der Waals surface area contributed by atoms with Gasteiger partial charge in [0.25, 0.3) is 5.91 Å². The van der Waals surface area contributed by atoms with E-state index in [0.29, 0.717) is 45.0 Å². The van der Waals surface area contributed by atoms with Crippen molar-refractivity contribution in [1.29, 1.82) is 0 Å². The number of benzene rings is 2. The number of carbonyl (C=O) groups excluding carboxylic acids is 2. The number of rotatable bonds is 9.